The third kappa shape index (κ3) is 5.64. The van der Waals surface area contributed by atoms with E-state index < -0.39 is 10.0 Å². The number of benzene rings is 3. The van der Waals surface area contributed by atoms with Gasteiger partial charge < -0.3 is 15.0 Å². The number of anilines is 3. The van der Waals surface area contributed by atoms with Crippen LogP contribution in [0.15, 0.2) is 71.6 Å². The minimum Gasteiger partial charge on any atom is -0.495 e. The first-order valence-electron chi connectivity index (χ1n) is 11.0. The third-order valence-corrected chi connectivity index (χ3v) is 7.71. The molecule has 3 aromatic carbocycles. The topological polar surface area (TPSA) is 87.7 Å². The second kappa shape index (κ2) is 10.6. The number of ether oxygens (including phenoxy) is 1. The van der Waals surface area contributed by atoms with E-state index in [1.54, 1.807) is 48.5 Å². The van der Waals surface area contributed by atoms with Crippen LogP contribution in [-0.2, 0) is 10.0 Å². The number of hydrogen-bond donors (Lipinski definition) is 2. The van der Waals surface area contributed by atoms with Gasteiger partial charge in [-0.25, -0.2) is 8.42 Å². The maximum atomic E-state index is 13.6. The van der Waals surface area contributed by atoms with E-state index in [-0.39, 0.29) is 10.8 Å². The van der Waals surface area contributed by atoms with Gasteiger partial charge in [0.2, 0.25) is 0 Å². The molecular formula is C25H26IN3O4S. The fourth-order valence-electron chi connectivity index (χ4n) is 3.96. The van der Waals surface area contributed by atoms with Crippen LogP contribution in [0.2, 0.25) is 0 Å². The molecule has 9 heteroatoms. The van der Waals surface area contributed by atoms with E-state index in [0.29, 0.717) is 28.4 Å². The minimum absolute atomic E-state index is 0.112. The average molecular weight is 591 g/mol. The number of methoxy groups -OCH3 is 1. The van der Waals surface area contributed by atoms with Gasteiger partial charge in [0, 0.05) is 27.9 Å². The van der Waals surface area contributed by atoms with Crippen molar-refractivity contribution in [3.63, 3.8) is 0 Å². The molecular weight excluding hydrogens is 565 g/mol. The fourth-order valence-corrected chi connectivity index (χ4v) is 5.83. The lowest BCUT2D eigenvalue weighted by Crippen LogP contribution is -2.31. The quantitative estimate of drug-likeness (QED) is 0.362. The molecule has 0 radical (unpaired) electrons. The number of rotatable bonds is 7. The highest BCUT2D eigenvalue weighted by atomic mass is 127. The number of halogens is 1. The van der Waals surface area contributed by atoms with Gasteiger partial charge in [0.25, 0.3) is 15.9 Å². The monoisotopic (exact) mass is 591 g/mol. The number of hydrogen-bond acceptors (Lipinski definition) is 5. The summed E-state index contributed by atoms with van der Waals surface area (Å²) in [6, 6.07) is 19.1. The minimum atomic E-state index is -3.98. The summed E-state index contributed by atoms with van der Waals surface area (Å²) in [5.41, 5.74) is 1.88. The lowest BCUT2D eigenvalue weighted by Gasteiger charge is -2.30. The van der Waals surface area contributed by atoms with Crippen LogP contribution >= 0.6 is 22.6 Å². The number of carbonyl (C=O) groups is 1. The summed E-state index contributed by atoms with van der Waals surface area (Å²) >= 11 is 2.15. The van der Waals surface area contributed by atoms with E-state index >= 15 is 0 Å². The summed E-state index contributed by atoms with van der Waals surface area (Å²) in [5.74, 6) is 0.124. The van der Waals surface area contributed by atoms with E-state index in [1.165, 1.54) is 13.2 Å². The first kappa shape index (κ1) is 24.3. The molecule has 1 aliphatic heterocycles. The number of para-hydroxylation sites is 2. The summed E-state index contributed by atoms with van der Waals surface area (Å²) in [4.78, 5) is 15.0. The zero-order valence-corrected chi connectivity index (χ0v) is 21.7. The largest absolute Gasteiger partial charge is 0.495 e. The van der Waals surface area contributed by atoms with Gasteiger partial charge >= 0.3 is 0 Å². The fraction of sp³-hybridized carbons (Fsp3) is 0.240. The molecule has 0 bridgehead atoms. The molecule has 0 aromatic heterocycles. The number of piperidine rings is 1. The zero-order valence-electron chi connectivity index (χ0n) is 18.8. The summed E-state index contributed by atoms with van der Waals surface area (Å²) in [6.07, 6.45) is 3.14. The molecule has 4 rings (SSSR count). The summed E-state index contributed by atoms with van der Waals surface area (Å²) in [6.45, 7) is 1.57. The van der Waals surface area contributed by atoms with E-state index in [2.05, 4.69) is 37.5 Å². The van der Waals surface area contributed by atoms with E-state index in [4.69, 9.17) is 4.74 Å². The number of amides is 1. The molecule has 0 unspecified atom stereocenters. The van der Waals surface area contributed by atoms with Gasteiger partial charge in [-0.3, -0.25) is 9.52 Å². The molecule has 7 nitrogen and oxygen atoms in total. The number of carbonyl (C=O) groups excluding carboxylic acids is 1. The van der Waals surface area contributed by atoms with Gasteiger partial charge in [0.15, 0.2) is 0 Å². The second-order valence-corrected chi connectivity index (χ2v) is 10.9. The molecule has 0 aliphatic carbocycles. The van der Waals surface area contributed by atoms with Gasteiger partial charge in [0.1, 0.15) is 10.6 Å². The van der Waals surface area contributed by atoms with Gasteiger partial charge in [-0.15, -0.1) is 0 Å². The van der Waals surface area contributed by atoms with E-state index in [0.717, 1.165) is 35.9 Å². The maximum absolute atomic E-state index is 13.6. The molecule has 1 fully saturated rings. The van der Waals surface area contributed by atoms with Crippen LogP contribution in [0.1, 0.15) is 29.6 Å². The van der Waals surface area contributed by atoms with Crippen molar-refractivity contribution in [3.8, 4) is 5.75 Å². The van der Waals surface area contributed by atoms with Crippen molar-refractivity contribution in [2.45, 2.75) is 24.2 Å². The molecule has 178 valence electrons. The van der Waals surface area contributed by atoms with Crippen LogP contribution in [0.25, 0.3) is 0 Å². The summed E-state index contributed by atoms with van der Waals surface area (Å²) < 4.78 is 36.1. The van der Waals surface area contributed by atoms with Gasteiger partial charge in [-0.1, -0.05) is 18.2 Å². The summed E-state index contributed by atoms with van der Waals surface area (Å²) in [5, 5.41) is 2.84. The Morgan fingerprint density at radius 3 is 2.47 bits per heavy atom. The van der Waals surface area contributed by atoms with Gasteiger partial charge in [-0.2, -0.15) is 0 Å². The normalized spacial score (nSPS) is 13.9. The molecule has 1 heterocycles. The predicted octanol–water partition coefficient (Wildman–Crippen LogP) is 5.34. The Balaban J connectivity index is 1.70. The van der Waals surface area contributed by atoms with Crippen molar-refractivity contribution in [3.05, 3.63) is 75.9 Å². The highest BCUT2D eigenvalue weighted by Crippen LogP contribution is 2.34. The van der Waals surface area contributed by atoms with Crippen molar-refractivity contribution in [1.29, 1.82) is 0 Å². The van der Waals surface area contributed by atoms with Crippen LogP contribution < -0.4 is 19.7 Å². The van der Waals surface area contributed by atoms with Crippen LogP contribution in [0.5, 0.6) is 5.75 Å². The van der Waals surface area contributed by atoms with Crippen molar-refractivity contribution in [2.75, 3.05) is 35.1 Å². The Hall–Kier alpha value is -2.79. The van der Waals surface area contributed by atoms with Crippen molar-refractivity contribution in [2.24, 2.45) is 0 Å². The maximum Gasteiger partial charge on any atom is 0.264 e. The van der Waals surface area contributed by atoms with Crippen molar-refractivity contribution >= 4 is 55.6 Å². The Bertz CT molecular complexity index is 1290. The average Bonchev–Trinajstić information content (AvgIpc) is 2.84. The van der Waals surface area contributed by atoms with Crippen LogP contribution in [-0.4, -0.2) is 34.5 Å². The third-order valence-electron chi connectivity index (χ3n) is 5.64. The highest BCUT2D eigenvalue weighted by molar-refractivity contribution is 14.1. The smallest absolute Gasteiger partial charge is 0.264 e. The van der Waals surface area contributed by atoms with E-state index in [9.17, 15) is 13.2 Å². The molecule has 1 saturated heterocycles. The van der Waals surface area contributed by atoms with Gasteiger partial charge in [0.05, 0.1) is 18.5 Å². The lowest BCUT2D eigenvalue weighted by atomic mass is 10.1. The Labute approximate surface area is 213 Å². The zero-order chi connectivity index (χ0) is 24.1. The Kier molecular flexibility index (Phi) is 7.62. The van der Waals surface area contributed by atoms with E-state index in [1.807, 2.05) is 12.1 Å². The Morgan fingerprint density at radius 2 is 1.74 bits per heavy atom. The van der Waals surface area contributed by atoms with Crippen LogP contribution in [0.4, 0.5) is 17.1 Å². The molecule has 1 aliphatic rings. The number of nitrogens with one attached hydrogen (secondary N) is 2. The first-order chi connectivity index (χ1) is 16.4. The number of nitrogens with zero attached hydrogens (tertiary/aromatic N) is 1. The van der Waals surface area contributed by atoms with Crippen LogP contribution in [0.3, 0.4) is 0 Å². The highest BCUT2D eigenvalue weighted by Gasteiger charge is 2.25. The Morgan fingerprint density at radius 1 is 0.971 bits per heavy atom. The second-order valence-electron chi connectivity index (χ2n) is 8.00. The molecule has 0 saturated carbocycles. The standard InChI is InChI=1S/C25H26IN3O4S/c1-33-23-11-4-3-10-21(23)28-34(31,32)24-17-20(12-13-22(24)29-14-5-2-6-15-29)27-25(30)18-8-7-9-19(26)16-18/h3-4,7-13,16-17,28H,2,5-6,14-15H2,1H3,(H,27,30). The summed E-state index contributed by atoms with van der Waals surface area (Å²) in [7, 11) is -2.49. The van der Waals surface area contributed by atoms with Crippen LogP contribution in [0, 0.1) is 3.57 Å². The molecule has 3 aromatic rings. The van der Waals surface area contributed by atoms with Gasteiger partial charge in [-0.05, 0) is 90.4 Å². The van der Waals surface area contributed by atoms with Crippen molar-refractivity contribution < 1.29 is 17.9 Å². The molecule has 34 heavy (non-hydrogen) atoms. The predicted molar refractivity (Wildman–Crippen MR) is 143 cm³/mol. The molecule has 1 amide bonds. The number of sulfonamides is 1. The first-order valence-corrected chi connectivity index (χ1v) is 13.6. The van der Waals surface area contributed by atoms with Crippen molar-refractivity contribution in [1.82, 2.24) is 0 Å². The SMILES string of the molecule is COc1ccccc1NS(=O)(=O)c1cc(NC(=O)c2cccc(I)c2)ccc1N1CCCCC1. The molecule has 0 spiro atoms. The molecule has 2 N–H and O–H groups in total. The lowest BCUT2D eigenvalue weighted by molar-refractivity contribution is 0.102. The molecule has 0 atom stereocenters.